The van der Waals surface area contributed by atoms with Gasteiger partial charge in [-0.3, -0.25) is 0 Å². The standard InChI is InChI=1S/3C5H6Si.3ClH/c3*1-2-4-6-5-3-1;;;/h3*1-6H;3*1H. The maximum atomic E-state index is 2.21. The van der Waals surface area contributed by atoms with Crippen molar-refractivity contribution in [2.24, 2.45) is 0 Å². The number of rotatable bonds is 0. The van der Waals surface area contributed by atoms with Crippen LogP contribution >= 0.6 is 37.2 Å². The molecule has 0 aliphatic rings. The molecule has 6 heteroatoms. The summed E-state index contributed by atoms with van der Waals surface area (Å²) in [6, 6.07) is 18.7. The second-order valence-electron chi connectivity index (χ2n) is 3.46. The third-order valence-corrected chi connectivity index (χ3v) is 4.67. The zero-order valence-corrected chi connectivity index (χ0v) is 17.5. The fourth-order valence-electron chi connectivity index (χ4n) is 1.15. The van der Waals surface area contributed by atoms with E-state index in [2.05, 4.69) is 88.7 Å². The molecule has 0 amide bonds. The summed E-state index contributed by atoms with van der Waals surface area (Å²) in [5.74, 6) is 0. The van der Waals surface area contributed by atoms with Crippen LogP contribution in [0.4, 0.5) is 0 Å². The molecule has 0 aliphatic heterocycles. The van der Waals surface area contributed by atoms with Crippen LogP contribution in [0.3, 0.4) is 0 Å². The molecule has 0 bridgehead atoms. The van der Waals surface area contributed by atoms with Gasteiger partial charge >= 0.3 is 0 Å². The molecule has 3 heterocycles. The first kappa shape index (κ1) is 25.5. The largest absolute Gasteiger partial charge is 0.147 e. The highest BCUT2D eigenvalue weighted by Gasteiger charge is 1.59. The number of halogens is 3. The molecule has 3 aromatic rings. The number of hydrogen-bond donors (Lipinski definition) is 0. The molecule has 0 saturated heterocycles. The minimum atomic E-state index is 0. The van der Waals surface area contributed by atoms with E-state index in [4.69, 9.17) is 0 Å². The van der Waals surface area contributed by atoms with Gasteiger partial charge in [0.2, 0.25) is 0 Å². The highest BCUT2D eigenvalue weighted by molar-refractivity contribution is 6.27. The van der Waals surface area contributed by atoms with Crippen molar-refractivity contribution in [3.63, 3.8) is 0 Å². The van der Waals surface area contributed by atoms with Gasteiger partial charge in [-0.2, -0.15) is 0 Å². The summed E-state index contributed by atoms with van der Waals surface area (Å²) in [5.41, 5.74) is 13.3. The van der Waals surface area contributed by atoms with E-state index in [0.717, 1.165) is 0 Å². The Bertz CT molecular complexity index is 315. The van der Waals surface area contributed by atoms with Gasteiger partial charge in [0.1, 0.15) is 0 Å². The van der Waals surface area contributed by atoms with Crippen LogP contribution in [-0.4, -0.2) is 27.4 Å². The van der Waals surface area contributed by atoms with Crippen molar-refractivity contribution in [1.29, 1.82) is 0 Å². The minimum absolute atomic E-state index is 0. The van der Waals surface area contributed by atoms with Crippen molar-refractivity contribution in [2.75, 3.05) is 0 Å². The minimum Gasteiger partial charge on any atom is -0.147 e. The monoisotopic (exact) mass is 390 g/mol. The molecule has 0 aliphatic carbocycles. The van der Waals surface area contributed by atoms with Gasteiger partial charge in [0.15, 0.2) is 0 Å². The van der Waals surface area contributed by atoms with Crippen molar-refractivity contribution >= 4 is 64.6 Å². The Morgan fingerprint density at radius 2 is 0.476 bits per heavy atom. The molecule has 0 radical (unpaired) electrons. The second-order valence-corrected chi connectivity index (χ2v) is 6.93. The zero-order chi connectivity index (χ0) is 12.7. The summed E-state index contributed by atoms with van der Waals surface area (Å²) >= 11 is 0. The van der Waals surface area contributed by atoms with Crippen LogP contribution in [-0.2, 0) is 0 Å². The molecule has 0 nitrogen and oxygen atoms in total. The van der Waals surface area contributed by atoms with Gasteiger partial charge in [0.25, 0.3) is 0 Å². The van der Waals surface area contributed by atoms with E-state index in [1.54, 1.807) is 0 Å². The highest BCUT2D eigenvalue weighted by atomic mass is 35.5. The summed E-state index contributed by atoms with van der Waals surface area (Å²) in [7, 11) is 1.54. The molecule has 0 fully saturated rings. The second kappa shape index (κ2) is 21.9. The summed E-state index contributed by atoms with van der Waals surface area (Å²) in [5, 5.41) is 0. The average molecular weight is 392 g/mol. The van der Waals surface area contributed by atoms with Gasteiger partial charge in [-0.15, -0.1) is 37.2 Å². The lowest BCUT2D eigenvalue weighted by atomic mass is 10.6. The van der Waals surface area contributed by atoms with E-state index in [1.165, 1.54) is 0 Å². The van der Waals surface area contributed by atoms with E-state index < -0.39 is 0 Å². The molecular weight excluding hydrogens is 371 g/mol. The summed E-state index contributed by atoms with van der Waals surface area (Å²) in [4.78, 5) is 0. The predicted octanol–water partition coefficient (Wildman–Crippen LogP) is 3.54. The maximum absolute atomic E-state index is 2.21. The van der Waals surface area contributed by atoms with E-state index >= 15 is 0 Å². The Balaban J connectivity index is -0.000000216. The van der Waals surface area contributed by atoms with Crippen LogP contribution in [0.1, 0.15) is 0 Å². The first-order chi connectivity index (χ1) is 9.00. The molecule has 0 saturated carbocycles. The lowest BCUT2D eigenvalue weighted by Gasteiger charge is -1.69. The molecule has 0 N–H and O–H groups in total. The summed E-state index contributed by atoms with van der Waals surface area (Å²) in [6.45, 7) is 0. The van der Waals surface area contributed by atoms with Crippen LogP contribution in [0.5, 0.6) is 0 Å². The Morgan fingerprint density at radius 3 is 0.524 bits per heavy atom. The Morgan fingerprint density at radius 1 is 0.286 bits per heavy atom. The lowest BCUT2D eigenvalue weighted by molar-refractivity contribution is 1.87. The first-order valence-electron chi connectivity index (χ1n) is 6.00. The van der Waals surface area contributed by atoms with E-state index in [0.29, 0.717) is 27.4 Å². The third kappa shape index (κ3) is 19.6. The summed E-state index contributed by atoms with van der Waals surface area (Å²) < 4.78 is 0. The molecule has 0 spiro atoms. The molecule has 3 rings (SSSR count). The number of hydrogen-bond acceptors (Lipinski definition) is 0. The van der Waals surface area contributed by atoms with Gasteiger partial charge in [0.05, 0.1) is 0 Å². The van der Waals surface area contributed by atoms with Crippen LogP contribution in [0.25, 0.3) is 0 Å². The molecule has 3 aromatic heterocycles. The normalized spacial score (nSPS) is 6.86. The van der Waals surface area contributed by atoms with Gasteiger partial charge in [-0.05, 0) is 0 Å². The van der Waals surface area contributed by atoms with Crippen LogP contribution in [0, 0.1) is 0 Å². The Kier molecular flexibility index (Phi) is 26.6. The zero-order valence-electron chi connectivity index (χ0n) is 11.6. The van der Waals surface area contributed by atoms with Crippen LogP contribution < -0.4 is 0 Å². The predicted molar refractivity (Wildman–Crippen MR) is 109 cm³/mol. The molecule has 21 heavy (non-hydrogen) atoms. The van der Waals surface area contributed by atoms with Crippen molar-refractivity contribution in [2.45, 2.75) is 0 Å². The topological polar surface area (TPSA) is 0 Å². The van der Waals surface area contributed by atoms with E-state index in [1.807, 2.05) is 0 Å². The SMILES string of the molecule is Cl.Cl.Cl.c1cc[siH]cc1.c1cc[siH]cc1.c1cc[siH]cc1. The Hall–Kier alpha value is -0.429. The van der Waals surface area contributed by atoms with Crippen molar-refractivity contribution in [3.8, 4) is 0 Å². The van der Waals surface area contributed by atoms with Gasteiger partial charge < -0.3 is 0 Å². The Labute approximate surface area is 152 Å². The van der Waals surface area contributed by atoms with Crippen LogP contribution in [0.15, 0.2) is 88.7 Å². The molecule has 114 valence electrons. The fraction of sp³-hybridized carbons (Fsp3) is 0. The van der Waals surface area contributed by atoms with E-state index in [-0.39, 0.29) is 37.2 Å². The molecule has 0 unspecified atom stereocenters. The molecular formula is C15H21Cl3Si3. The highest BCUT2D eigenvalue weighted by Crippen LogP contribution is 1.74. The lowest BCUT2D eigenvalue weighted by Crippen LogP contribution is -1.60. The van der Waals surface area contributed by atoms with Gasteiger partial charge in [-0.25, -0.2) is 0 Å². The molecule has 0 atom stereocenters. The quantitative estimate of drug-likeness (QED) is 0.514. The van der Waals surface area contributed by atoms with Crippen molar-refractivity contribution < 1.29 is 0 Å². The first-order valence-corrected chi connectivity index (χ1v) is 10.0. The summed E-state index contributed by atoms with van der Waals surface area (Å²) in [6.07, 6.45) is 0. The third-order valence-electron chi connectivity index (χ3n) is 2.00. The van der Waals surface area contributed by atoms with Gasteiger partial charge in [-0.1, -0.05) is 88.7 Å². The van der Waals surface area contributed by atoms with Crippen molar-refractivity contribution in [3.05, 3.63) is 88.7 Å². The molecule has 0 aromatic carbocycles. The van der Waals surface area contributed by atoms with Gasteiger partial charge in [0, 0.05) is 27.4 Å². The smallest absolute Gasteiger partial charge is 0.0198 e. The average Bonchev–Trinajstić information content (AvgIpc) is 2.54. The van der Waals surface area contributed by atoms with E-state index in [9.17, 15) is 0 Å². The van der Waals surface area contributed by atoms with Crippen LogP contribution in [0.2, 0.25) is 0 Å². The van der Waals surface area contributed by atoms with Crippen molar-refractivity contribution in [1.82, 2.24) is 0 Å². The maximum Gasteiger partial charge on any atom is 0.0198 e. The fourth-order valence-corrected chi connectivity index (χ4v) is 3.08.